The van der Waals surface area contributed by atoms with E-state index in [9.17, 15) is 13.2 Å². The average Bonchev–Trinajstić information content (AvgIpc) is 2.31. The maximum absolute atomic E-state index is 13.1. The lowest BCUT2D eigenvalue weighted by Crippen LogP contribution is -2.54. The van der Waals surface area contributed by atoms with Crippen LogP contribution in [0.1, 0.15) is 48.0 Å². The smallest absolute Gasteiger partial charge is 0.363 e. The van der Waals surface area contributed by atoms with Gasteiger partial charge >= 0.3 is 6.18 Å². The van der Waals surface area contributed by atoms with Crippen LogP contribution >= 0.6 is 0 Å². The Kier molecular flexibility index (Phi) is 6.32. The third kappa shape index (κ3) is 6.84. The van der Waals surface area contributed by atoms with Crippen LogP contribution in [0.4, 0.5) is 13.2 Å². The molecule has 0 aliphatic carbocycles. The van der Waals surface area contributed by atoms with Crippen molar-refractivity contribution < 1.29 is 17.9 Å². The summed E-state index contributed by atoms with van der Waals surface area (Å²) in [5, 5.41) is 0. The molecule has 1 unspecified atom stereocenters. The molecule has 1 saturated heterocycles. The molecule has 1 aliphatic rings. The SMILES string of the molecule is CC(C)(C)OC(CCN1CCN(C(C)(C)C)CC1)C(F)(F)F. The first-order valence-corrected chi connectivity index (χ1v) is 8.01. The number of halogens is 3. The molecule has 0 N–H and O–H groups in total. The highest BCUT2D eigenvalue weighted by atomic mass is 19.4. The first-order valence-electron chi connectivity index (χ1n) is 8.01. The molecule has 0 radical (unpaired) electrons. The second-order valence-corrected chi connectivity index (χ2v) is 8.05. The molecular weight excluding hydrogens is 293 g/mol. The van der Waals surface area contributed by atoms with Gasteiger partial charge in [0.15, 0.2) is 6.10 Å². The standard InChI is InChI=1S/C16H31F3N2O/c1-14(2,3)21-11-9-20(10-12-21)8-7-13(16(17,18)19)22-15(4,5)6/h13H,7-12H2,1-6H3. The number of hydrogen-bond acceptors (Lipinski definition) is 3. The Hall–Kier alpha value is -0.330. The van der Waals surface area contributed by atoms with E-state index in [1.807, 2.05) is 0 Å². The molecule has 1 rings (SSSR count). The quantitative estimate of drug-likeness (QED) is 0.787. The van der Waals surface area contributed by atoms with Gasteiger partial charge < -0.3 is 9.64 Å². The molecule has 0 spiro atoms. The maximum atomic E-state index is 13.1. The van der Waals surface area contributed by atoms with Gasteiger partial charge in [-0.05, 0) is 48.0 Å². The summed E-state index contributed by atoms with van der Waals surface area (Å²) >= 11 is 0. The highest BCUT2D eigenvalue weighted by Gasteiger charge is 2.42. The zero-order chi connectivity index (χ0) is 17.2. The molecule has 1 atom stereocenters. The highest BCUT2D eigenvalue weighted by molar-refractivity contribution is 4.83. The van der Waals surface area contributed by atoms with E-state index in [-0.39, 0.29) is 12.0 Å². The summed E-state index contributed by atoms with van der Waals surface area (Å²) in [6.45, 7) is 15.3. The lowest BCUT2D eigenvalue weighted by Gasteiger charge is -2.42. The topological polar surface area (TPSA) is 15.7 Å². The normalized spacial score (nSPS) is 21.1. The second-order valence-electron chi connectivity index (χ2n) is 8.05. The van der Waals surface area contributed by atoms with Crippen molar-refractivity contribution in [1.29, 1.82) is 0 Å². The van der Waals surface area contributed by atoms with Crippen molar-refractivity contribution in [2.75, 3.05) is 32.7 Å². The predicted molar refractivity (Wildman–Crippen MR) is 83.1 cm³/mol. The number of ether oxygens (including phenoxy) is 1. The van der Waals surface area contributed by atoms with E-state index in [0.29, 0.717) is 6.54 Å². The van der Waals surface area contributed by atoms with Crippen molar-refractivity contribution in [2.45, 2.75) is 71.4 Å². The Labute approximate surface area is 132 Å². The van der Waals surface area contributed by atoms with Gasteiger partial charge in [-0.3, -0.25) is 4.90 Å². The van der Waals surface area contributed by atoms with Crippen LogP contribution in [0.25, 0.3) is 0 Å². The van der Waals surface area contributed by atoms with Crippen molar-refractivity contribution in [3.05, 3.63) is 0 Å². The van der Waals surface area contributed by atoms with E-state index in [2.05, 4.69) is 30.6 Å². The van der Waals surface area contributed by atoms with Gasteiger partial charge in [0, 0.05) is 38.3 Å². The molecule has 1 fully saturated rings. The van der Waals surface area contributed by atoms with Crippen LogP contribution in [0.3, 0.4) is 0 Å². The van der Waals surface area contributed by atoms with Gasteiger partial charge in [-0.1, -0.05) is 0 Å². The maximum Gasteiger partial charge on any atom is 0.414 e. The largest absolute Gasteiger partial charge is 0.414 e. The fraction of sp³-hybridized carbons (Fsp3) is 1.00. The molecule has 0 saturated carbocycles. The molecule has 3 nitrogen and oxygen atoms in total. The van der Waals surface area contributed by atoms with Crippen LogP contribution in [-0.4, -0.2) is 65.9 Å². The minimum Gasteiger partial charge on any atom is -0.363 e. The fourth-order valence-electron chi connectivity index (χ4n) is 2.66. The summed E-state index contributed by atoms with van der Waals surface area (Å²) in [7, 11) is 0. The number of hydrogen-bond donors (Lipinski definition) is 0. The summed E-state index contributed by atoms with van der Waals surface area (Å²) in [5.74, 6) is 0. The van der Waals surface area contributed by atoms with E-state index in [1.165, 1.54) is 0 Å². The van der Waals surface area contributed by atoms with Gasteiger partial charge in [-0.2, -0.15) is 13.2 Å². The lowest BCUT2D eigenvalue weighted by molar-refractivity contribution is -0.247. The predicted octanol–water partition coefficient (Wildman–Crippen LogP) is 3.54. The van der Waals surface area contributed by atoms with Crippen molar-refractivity contribution in [1.82, 2.24) is 9.80 Å². The van der Waals surface area contributed by atoms with Gasteiger partial charge in [0.05, 0.1) is 5.60 Å². The lowest BCUT2D eigenvalue weighted by atomic mass is 10.0. The Balaban J connectivity index is 2.47. The van der Waals surface area contributed by atoms with Crippen LogP contribution in [0.5, 0.6) is 0 Å². The van der Waals surface area contributed by atoms with Gasteiger partial charge in [0.2, 0.25) is 0 Å². The van der Waals surface area contributed by atoms with E-state index in [0.717, 1.165) is 26.2 Å². The minimum atomic E-state index is -4.31. The van der Waals surface area contributed by atoms with E-state index >= 15 is 0 Å². The molecular formula is C16H31F3N2O. The zero-order valence-corrected chi connectivity index (χ0v) is 14.8. The summed E-state index contributed by atoms with van der Waals surface area (Å²) < 4.78 is 44.4. The Bertz CT molecular complexity index is 337. The Morgan fingerprint density at radius 2 is 1.41 bits per heavy atom. The third-order valence-electron chi connectivity index (χ3n) is 3.89. The van der Waals surface area contributed by atoms with Crippen LogP contribution < -0.4 is 0 Å². The number of nitrogens with zero attached hydrogens (tertiary/aromatic N) is 2. The zero-order valence-electron chi connectivity index (χ0n) is 14.8. The van der Waals surface area contributed by atoms with Crippen LogP contribution in [0.2, 0.25) is 0 Å². The van der Waals surface area contributed by atoms with Gasteiger partial charge in [0.25, 0.3) is 0 Å². The first-order chi connectivity index (χ1) is 9.79. The van der Waals surface area contributed by atoms with Crippen LogP contribution in [0, 0.1) is 0 Å². The van der Waals surface area contributed by atoms with Crippen LogP contribution in [-0.2, 0) is 4.74 Å². The van der Waals surface area contributed by atoms with Crippen molar-refractivity contribution >= 4 is 0 Å². The van der Waals surface area contributed by atoms with Crippen molar-refractivity contribution in [3.63, 3.8) is 0 Å². The molecule has 0 aromatic rings. The fourth-order valence-corrected chi connectivity index (χ4v) is 2.66. The van der Waals surface area contributed by atoms with Gasteiger partial charge in [0.1, 0.15) is 0 Å². The van der Waals surface area contributed by atoms with E-state index in [4.69, 9.17) is 4.74 Å². The monoisotopic (exact) mass is 324 g/mol. The number of rotatable bonds is 4. The Morgan fingerprint density at radius 1 is 0.909 bits per heavy atom. The molecule has 22 heavy (non-hydrogen) atoms. The minimum absolute atomic E-state index is 0.00368. The van der Waals surface area contributed by atoms with Gasteiger partial charge in [-0.15, -0.1) is 0 Å². The summed E-state index contributed by atoms with van der Waals surface area (Å²) in [6, 6.07) is 0. The van der Waals surface area contributed by atoms with E-state index < -0.39 is 17.9 Å². The average molecular weight is 324 g/mol. The number of piperazine rings is 1. The molecule has 0 aromatic heterocycles. The molecule has 1 aliphatic heterocycles. The van der Waals surface area contributed by atoms with Crippen molar-refractivity contribution in [2.24, 2.45) is 0 Å². The van der Waals surface area contributed by atoms with Gasteiger partial charge in [-0.25, -0.2) is 0 Å². The first kappa shape index (κ1) is 19.7. The second kappa shape index (κ2) is 7.05. The molecule has 132 valence electrons. The van der Waals surface area contributed by atoms with E-state index in [1.54, 1.807) is 20.8 Å². The molecule has 1 heterocycles. The summed E-state index contributed by atoms with van der Waals surface area (Å²) in [4.78, 5) is 4.48. The molecule has 0 bridgehead atoms. The summed E-state index contributed by atoms with van der Waals surface area (Å²) in [5.41, 5.74) is -0.666. The molecule has 0 aromatic carbocycles. The molecule has 6 heteroatoms. The van der Waals surface area contributed by atoms with Crippen molar-refractivity contribution in [3.8, 4) is 0 Å². The molecule has 0 amide bonds. The van der Waals surface area contributed by atoms with Crippen LogP contribution in [0.15, 0.2) is 0 Å². The Morgan fingerprint density at radius 3 is 1.77 bits per heavy atom. The summed E-state index contributed by atoms with van der Waals surface area (Å²) in [6.07, 6.45) is -6.00. The number of alkyl halides is 3. The highest BCUT2D eigenvalue weighted by Crippen LogP contribution is 2.29. The third-order valence-corrected chi connectivity index (χ3v) is 3.89.